The molecule has 5 atom stereocenters. The first-order chi connectivity index (χ1) is 6.43. The van der Waals surface area contributed by atoms with Crippen molar-refractivity contribution >= 4 is 0 Å². The normalized spacial score (nSPS) is 43.6. The van der Waals surface area contributed by atoms with Crippen molar-refractivity contribution in [2.45, 2.75) is 31.7 Å². The van der Waals surface area contributed by atoms with Crippen molar-refractivity contribution in [1.82, 2.24) is 0 Å². The van der Waals surface area contributed by atoms with Crippen LogP contribution in [0.25, 0.3) is 0 Å². The Labute approximate surface area is 81.3 Å². The van der Waals surface area contributed by atoms with Crippen molar-refractivity contribution in [1.29, 1.82) is 0 Å². The molecule has 0 spiro atoms. The van der Waals surface area contributed by atoms with E-state index in [9.17, 15) is 25.4 Å². The molecular weight excluding hydrogens is 190 g/mol. The van der Waals surface area contributed by atoms with Gasteiger partial charge in [-0.25, -0.2) is 0 Å². The highest BCUT2D eigenvalue weighted by Gasteiger charge is 2.42. The van der Waals surface area contributed by atoms with Crippen LogP contribution >= 0.6 is 0 Å². The van der Waals surface area contributed by atoms with Gasteiger partial charge in [0.1, 0.15) is 6.10 Å². The summed E-state index contributed by atoms with van der Waals surface area (Å²) in [7, 11) is 0. The molecule has 6 nitrogen and oxygen atoms in total. The van der Waals surface area contributed by atoms with Crippen LogP contribution in [0.2, 0.25) is 0 Å². The second-order valence-corrected chi connectivity index (χ2v) is 3.96. The monoisotopic (exact) mass is 205 g/mol. The Bertz CT molecular complexity index is 222. The molecule has 1 fully saturated rings. The van der Waals surface area contributed by atoms with Crippen molar-refractivity contribution < 1.29 is 20.2 Å². The topological polar surface area (TPSA) is 104 Å². The lowest BCUT2D eigenvalue weighted by Gasteiger charge is -2.37. The molecule has 0 aromatic carbocycles. The largest absolute Gasteiger partial charge is 0.390 e. The molecule has 0 amide bonds. The Morgan fingerprint density at radius 3 is 2.36 bits per heavy atom. The van der Waals surface area contributed by atoms with Crippen LogP contribution < -0.4 is 0 Å². The highest BCUT2D eigenvalue weighted by Crippen LogP contribution is 2.29. The van der Waals surface area contributed by atoms with Crippen LogP contribution in [0.1, 0.15) is 13.3 Å². The lowest BCUT2D eigenvalue weighted by molar-refractivity contribution is -0.493. The molecule has 1 rings (SSSR count). The van der Waals surface area contributed by atoms with E-state index < -0.39 is 29.2 Å². The molecule has 0 radical (unpaired) electrons. The SMILES string of the molecule is C[C@@H]1C[C@H](C[N+](=O)[O-])[C@@H](O)[C@H](O)[C@@H]1O. The third-order valence-electron chi connectivity index (χ3n) is 2.82. The summed E-state index contributed by atoms with van der Waals surface area (Å²) in [5.74, 6) is -0.795. The molecule has 14 heavy (non-hydrogen) atoms. The molecule has 0 aromatic rings. The minimum absolute atomic E-state index is 0.224. The predicted molar refractivity (Wildman–Crippen MR) is 47.2 cm³/mol. The van der Waals surface area contributed by atoms with E-state index in [1.807, 2.05) is 0 Å². The minimum atomic E-state index is -1.27. The van der Waals surface area contributed by atoms with Gasteiger partial charge in [0.15, 0.2) is 0 Å². The Morgan fingerprint density at radius 1 is 1.29 bits per heavy atom. The van der Waals surface area contributed by atoms with Gasteiger partial charge in [0.25, 0.3) is 0 Å². The third kappa shape index (κ3) is 2.20. The van der Waals surface area contributed by atoms with E-state index in [-0.39, 0.29) is 12.5 Å². The van der Waals surface area contributed by atoms with Crippen molar-refractivity contribution in [2.75, 3.05) is 6.54 Å². The molecule has 0 aliphatic heterocycles. The van der Waals surface area contributed by atoms with Crippen molar-refractivity contribution in [2.24, 2.45) is 11.8 Å². The summed E-state index contributed by atoms with van der Waals surface area (Å²) in [6.45, 7) is 1.34. The zero-order valence-electron chi connectivity index (χ0n) is 7.91. The smallest absolute Gasteiger partial charge is 0.209 e. The van der Waals surface area contributed by atoms with Crippen LogP contribution in [0.5, 0.6) is 0 Å². The van der Waals surface area contributed by atoms with Crippen LogP contribution in [0.4, 0.5) is 0 Å². The maximum atomic E-state index is 10.3. The molecule has 0 unspecified atom stereocenters. The average Bonchev–Trinajstić information content (AvgIpc) is 2.10. The summed E-state index contributed by atoms with van der Waals surface area (Å²) >= 11 is 0. The Balaban J connectivity index is 2.65. The number of nitrogens with zero attached hydrogens (tertiary/aromatic N) is 1. The lowest BCUT2D eigenvalue weighted by Crippen LogP contribution is -2.51. The molecule has 0 bridgehead atoms. The van der Waals surface area contributed by atoms with E-state index in [4.69, 9.17) is 0 Å². The fraction of sp³-hybridized carbons (Fsp3) is 1.00. The first kappa shape index (κ1) is 11.4. The highest BCUT2D eigenvalue weighted by atomic mass is 16.6. The number of aliphatic hydroxyl groups excluding tert-OH is 3. The fourth-order valence-electron chi connectivity index (χ4n) is 1.95. The molecule has 1 saturated carbocycles. The molecule has 1 aliphatic rings. The fourth-order valence-corrected chi connectivity index (χ4v) is 1.95. The quantitative estimate of drug-likeness (QED) is 0.396. The van der Waals surface area contributed by atoms with Gasteiger partial charge in [0, 0.05) is 4.92 Å². The Kier molecular flexibility index (Phi) is 3.41. The van der Waals surface area contributed by atoms with Crippen molar-refractivity contribution in [3.8, 4) is 0 Å². The van der Waals surface area contributed by atoms with Gasteiger partial charge in [-0.05, 0) is 12.3 Å². The summed E-state index contributed by atoms with van der Waals surface area (Å²) in [5.41, 5.74) is 0. The summed E-state index contributed by atoms with van der Waals surface area (Å²) in [6, 6.07) is 0. The lowest BCUT2D eigenvalue weighted by atomic mass is 9.76. The molecule has 82 valence electrons. The molecule has 1 aliphatic carbocycles. The molecule has 6 heteroatoms. The molecule has 0 aromatic heterocycles. The van der Waals surface area contributed by atoms with Gasteiger partial charge < -0.3 is 15.3 Å². The second-order valence-electron chi connectivity index (χ2n) is 3.96. The predicted octanol–water partition coefficient (Wildman–Crippen LogP) is -0.998. The number of hydrogen-bond acceptors (Lipinski definition) is 5. The molecular formula is C8H15NO5. The van der Waals surface area contributed by atoms with Crippen molar-refractivity contribution in [3.05, 3.63) is 10.1 Å². The second kappa shape index (κ2) is 4.20. The van der Waals surface area contributed by atoms with E-state index in [1.165, 1.54) is 0 Å². The standard InChI is InChI=1S/C8H15NO5/c1-4-2-5(3-9(13)14)7(11)8(12)6(4)10/h4-8,10-12H,2-3H2,1H3/t4-,5-,6-,7-,8-/m1/s1. The third-order valence-corrected chi connectivity index (χ3v) is 2.82. The summed E-state index contributed by atoms with van der Waals surface area (Å²) in [5, 5.41) is 38.5. The van der Waals surface area contributed by atoms with Gasteiger partial charge in [-0.1, -0.05) is 6.92 Å². The molecule has 0 saturated heterocycles. The number of rotatable bonds is 2. The van der Waals surface area contributed by atoms with Gasteiger partial charge in [-0.15, -0.1) is 0 Å². The van der Waals surface area contributed by atoms with E-state index in [2.05, 4.69) is 0 Å². The Morgan fingerprint density at radius 2 is 1.86 bits per heavy atom. The number of nitro groups is 1. The van der Waals surface area contributed by atoms with Crippen LogP contribution in [0.15, 0.2) is 0 Å². The van der Waals surface area contributed by atoms with Crippen LogP contribution in [0.3, 0.4) is 0 Å². The molecule has 0 heterocycles. The van der Waals surface area contributed by atoms with Gasteiger partial charge in [0.05, 0.1) is 18.1 Å². The first-order valence-electron chi connectivity index (χ1n) is 4.59. The zero-order chi connectivity index (χ0) is 10.9. The van der Waals surface area contributed by atoms with E-state index in [1.54, 1.807) is 6.92 Å². The maximum absolute atomic E-state index is 10.3. The summed E-state index contributed by atoms with van der Waals surface area (Å²) in [6.07, 6.45) is -3.11. The van der Waals surface area contributed by atoms with Crippen LogP contribution in [-0.2, 0) is 0 Å². The number of aliphatic hydroxyl groups is 3. The van der Waals surface area contributed by atoms with Crippen LogP contribution in [-0.4, -0.2) is 45.1 Å². The van der Waals surface area contributed by atoms with Gasteiger partial charge in [-0.3, -0.25) is 10.1 Å². The first-order valence-corrected chi connectivity index (χ1v) is 4.59. The maximum Gasteiger partial charge on any atom is 0.209 e. The number of hydrogen-bond donors (Lipinski definition) is 3. The zero-order valence-corrected chi connectivity index (χ0v) is 7.91. The minimum Gasteiger partial charge on any atom is -0.390 e. The van der Waals surface area contributed by atoms with Gasteiger partial charge in [0.2, 0.25) is 6.54 Å². The summed E-state index contributed by atoms with van der Waals surface area (Å²) < 4.78 is 0. The summed E-state index contributed by atoms with van der Waals surface area (Å²) in [4.78, 5) is 9.75. The Hall–Kier alpha value is -0.720. The van der Waals surface area contributed by atoms with E-state index in [0.717, 1.165) is 0 Å². The van der Waals surface area contributed by atoms with Gasteiger partial charge >= 0.3 is 0 Å². The van der Waals surface area contributed by atoms with Gasteiger partial charge in [-0.2, -0.15) is 0 Å². The van der Waals surface area contributed by atoms with E-state index in [0.29, 0.717) is 6.42 Å². The van der Waals surface area contributed by atoms with E-state index >= 15 is 0 Å². The van der Waals surface area contributed by atoms with Crippen LogP contribution in [0, 0.1) is 22.0 Å². The van der Waals surface area contributed by atoms with Crippen molar-refractivity contribution in [3.63, 3.8) is 0 Å². The highest BCUT2D eigenvalue weighted by molar-refractivity contribution is 4.90. The average molecular weight is 205 g/mol. The molecule has 3 N–H and O–H groups in total.